The molecule has 0 unspecified atom stereocenters. The molecule has 1 aromatic carbocycles. The van der Waals surface area contributed by atoms with Crippen molar-refractivity contribution in [2.24, 2.45) is 5.41 Å². The number of hydrogen-bond donors (Lipinski definition) is 3. The standard InChI is InChI=1S/C30H35N5O6/c1-7-40-23(36)16-15-22(27(38)41-8-2)33-26(37)20-12-9-19(10-13-20)11-14-21-17-31-25-24(21)18(3)32-29(34-25)35-28(39)30(4,5)6/h9-10,12-13,17,22H,7-8,15-16H2,1-6H3,(H,33,37)(H2,31,32,34,35,39)/t22-/m0/s1. The SMILES string of the molecule is CCOC(=O)CC[C@H](NC(=O)c1ccc(C#Cc2c[nH]c3nc(NC(=O)C(C)(C)C)nc(C)c23)cc1)C(=O)OCC. The highest BCUT2D eigenvalue weighted by Gasteiger charge is 2.24. The maximum atomic E-state index is 12.8. The molecule has 0 aliphatic carbocycles. The van der Waals surface area contributed by atoms with Crippen molar-refractivity contribution in [1.29, 1.82) is 0 Å². The maximum Gasteiger partial charge on any atom is 0.328 e. The van der Waals surface area contributed by atoms with Gasteiger partial charge in [0.15, 0.2) is 0 Å². The number of rotatable bonds is 9. The minimum atomic E-state index is -0.985. The van der Waals surface area contributed by atoms with Crippen LogP contribution in [0.2, 0.25) is 0 Å². The zero-order chi connectivity index (χ0) is 30.2. The second-order valence-corrected chi connectivity index (χ2v) is 10.2. The zero-order valence-electron chi connectivity index (χ0n) is 24.1. The summed E-state index contributed by atoms with van der Waals surface area (Å²) >= 11 is 0. The van der Waals surface area contributed by atoms with E-state index < -0.39 is 29.3 Å². The lowest BCUT2D eigenvalue weighted by atomic mass is 9.96. The molecule has 0 spiro atoms. The van der Waals surface area contributed by atoms with E-state index in [1.165, 1.54) is 0 Å². The molecular formula is C30H35N5O6. The minimum absolute atomic E-state index is 0.0304. The first-order valence-corrected chi connectivity index (χ1v) is 13.3. The van der Waals surface area contributed by atoms with E-state index in [1.54, 1.807) is 44.3 Å². The molecule has 0 fully saturated rings. The van der Waals surface area contributed by atoms with Gasteiger partial charge in [0.1, 0.15) is 11.7 Å². The smallest absolute Gasteiger partial charge is 0.328 e. The molecule has 0 saturated heterocycles. The topological polar surface area (TPSA) is 152 Å². The molecule has 41 heavy (non-hydrogen) atoms. The predicted octanol–water partition coefficient (Wildman–Crippen LogP) is 3.66. The van der Waals surface area contributed by atoms with E-state index in [9.17, 15) is 19.2 Å². The number of nitrogens with zero attached hydrogens (tertiary/aromatic N) is 2. The number of fused-ring (bicyclic) bond motifs is 1. The van der Waals surface area contributed by atoms with Gasteiger partial charge in [-0.2, -0.15) is 4.98 Å². The van der Waals surface area contributed by atoms with Crippen LogP contribution >= 0.6 is 0 Å². The number of ether oxygens (including phenoxy) is 2. The fourth-order valence-electron chi connectivity index (χ4n) is 3.73. The molecule has 3 N–H and O–H groups in total. The van der Waals surface area contributed by atoms with Crippen molar-refractivity contribution in [1.82, 2.24) is 20.3 Å². The van der Waals surface area contributed by atoms with Crippen molar-refractivity contribution < 1.29 is 28.7 Å². The number of aromatic nitrogens is 3. The molecule has 3 aromatic rings. The third-order valence-corrected chi connectivity index (χ3v) is 5.93. The highest BCUT2D eigenvalue weighted by atomic mass is 16.5. The Bertz CT molecular complexity index is 1490. The third kappa shape index (κ3) is 8.38. The summed E-state index contributed by atoms with van der Waals surface area (Å²) < 4.78 is 9.95. The molecule has 0 aliphatic rings. The second-order valence-electron chi connectivity index (χ2n) is 10.2. The molecule has 0 bridgehead atoms. The molecule has 2 heterocycles. The monoisotopic (exact) mass is 561 g/mol. The quantitative estimate of drug-likeness (QED) is 0.264. The summed E-state index contributed by atoms with van der Waals surface area (Å²) in [5.41, 5.74) is 2.30. The van der Waals surface area contributed by atoms with Crippen LogP contribution in [0.1, 0.15) is 74.6 Å². The number of esters is 2. The summed E-state index contributed by atoms with van der Waals surface area (Å²) in [4.78, 5) is 61.1. The molecular weight excluding hydrogens is 526 g/mol. The van der Waals surface area contributed by atoms with Gasteiger partial charge in [-0.05, 0) is 51.5 Å². The average molecular weight is 562 g/mol. The van der Waals surface area contributed by atoms with Crippen LogP contribution in [0, 0.1) is 24.2 Å². The zero-order valence-corrected chi connectivity index (χ0v) is 24.1. The molecule has 2 amide bonds. The summed E-state index contributed by atoms with van der Waals surface area (Å²) in [6.07, 6.45) is 1.75. The van der Waals surface area contributed by atoms with Crippen LogP contribution in [0.15, 0.2) is 30.5 Å². The Labute approximate surface area is 238 Å². The van der Waals surface area contributed by atoms with Gasteiger partial charge in [0, 0.05) is 29.2 Å². The van der Waals surface area contributed by atoms with Crippen molar-refractivity contribution in [3.8, 4) is 11.8 Å². The summed E-state index contributed by atoms with van der Waals surface area (Å²) in [5.74, 6) is 4.65. The molecule has 0 saturated carbocycles. The maximum absolute atomic E-state index is 12.8. The van der Waals surface area contributed by atoms with E-state index in [0.717, 1.165) is 5.39 Å². The summed E-state index contributed by atoms with van der Waals surface area (Å²) in [6, 6.07) is 5.60. The summed E-state index contributed by atoms with van der Waals surface area (Å²) in [5, 5.41) is 6.13. The average Bonchev–Trinajstić information content (AvgIpc) is 3.33. The number of aromatic amines is 1. The first-order valence-electron chi connectivity index (χ1n) is 13.3. The van der Waals surface area contributed by atoms with Gasteiger partial charge in [-0.15, -0.1) is 0 Å². The van der Waals surface area contributed by atoms with Gasteiger partial charge in [0.05, 0.1) is 29.9 Å². The fraction of sp³-hybridized carbons (Fsp3) is 0.400. The number of benzene rings is 1. The van der Waals surface area contributed by atoms with Crippen molar-refractivity contribution in [2.45, 2.75) is 60.4 Å². The van der Waals surface area contributed by atoms with Gasteiger partial charge in [0.25, 0.3) is 5.91 Å². The second kappa shape index (κ2) is 13.6. The number of amides is 2. The Balaban J connectivity index is 1.72. The number of anilines is 1. The lowest BCUT2D eigenvalue weighted by Gasteiger charge is -2.17. The predicted molar refractivity (Wildman–Crippen MR) is 153 cm³/mol. The highest BCUT2D eigenvalue weighted by molar-refractivity contribution is 5.97. The fourth-order valence-corrected chi connectivity index (χ4v) is 3.73. The van der Waals surface area contributed by atoms with Crippen LogP contribution in [0.3, 0.4) is 0 Å². The van der Waals surface area contributed by atoms with E-state index in [0.29, 0.717) is 28.0 Å². The largest absolute Gasteiger partial charge is 0.466 e. The van der Waals surface area contributed by atoms with Crippen LogP contribution in [-0.2, 0) is 23.9 Å². The Morgan fingerprint density at radius 1 is 1.00 bits per heavy atom. The molecule has 3 rings (SSSR count). The number of hydrogen-bond acceptors (Lipinski definition) is 8. The number of nitrogens with one attached hydrogen (secondary N) is 3. The van der Waals surface area contributed by atoms with Crippen LogP contribution in [0.25, 0.3) is 11.0 Å². The number of carbonyl (C=O) groups is 4. The third-order valence-electron chi connectivity index (χ3n) is 5.93. The van der Waals surface area contributed by atoms with E-state index in [4.69, 9.17) is 9.47 Å². The molecule has 216 valence electrons. The van der Waals surface area contributed by atoms with Gasteiger partial charge in [0.2, 0.25) is 11.9 Å². The number of aryl methyl sites for hydroxylation is 1. The van der Waals surface area contributed by atoms with Gasteiger partial charge >= 0.3 is 11.9 Å². The number of carbonyl (C=O) groups excluding carboxylic acids is 4. The van der Waals surface area contributed by atoms with Crippen molar-refractivity contribution in [3.05, 3.63) is 52.8 Å². The molecule has 11 heteroatoms. The summed E-state index contributed by atoms with van der Waals surface area (Å²) in [6.45, 7) is 11.0. The molecule has 0 radical (unpaired) electrons. The van der Waals surface area contributed by atoms with Gasteiger partial charge in [-0.3, -0.25) is 19.7 Å². The van der Waals surface area contributed by atoms with Crippen molar-refractivity contribution in [2.75, 3.05) is 18.5 Å². The summed E-state index contributed by atoms with van der Waals surface area (Å²) in [7, 11) is 0. The highest BCUT2D eigenvalue weighted by Crippen LogP contribution is 2.22. The molecule has 11 nitrogen and oxygen atoms in total. The van der Waals surface area contributed by atoms with Crippen LogP contribution in [0.5, 0.6) is 0 Å². The lowest BCUT2D eigenvalue weighted by Crippen LogP contribution is -2.42. The van der Waals surface area contributed by atoms with E-state index in [-0.39, 0.29) is 37.9 Å². The van der Waals surface area contributed by atoms with E-state index in [2.05, 4.69) is 37.4 Å². The van der Waals surface area contributed by atoms with Gasteiger partial charge < -0.3 is 19.8 Å². The van der Waals surface area contributed by atoms with Crippen molar-refractivity contribution in [3.63, 3.8) is 0 Å². The van der Waals surface area contributed by atoms with Crippen LogP contribution < -0.4 is 10.6 Å². The normalized spacial score (nSPS) is 11.7. The number of H-pyrrole nitrogens is 1. The first kappa shape index (κ1) is 30.8. The Hall–Kier alpha value is -4.72. The van der Waals surface area contributed by atoms with E-state index >= 15 is 0 Å². The Kier molecular flexibility index (Phi) is 10.2. The Morgan fingerprint density at radius 3 is 2.32 bits per heavy atom. The minimum Gasteiger partial charge on any atom is -0.466 e. The van der Waals surface area contributed by atoms with E-state index in [1.807, 2.05) is 27.7 Å². The molecule has 2 aromatic heterocycles. The molecule has 0 aliphatic heterocycles. The Morgan fingerprint density at radius 2 is 1.68 bits per heavy atom. The lowest BCUT2D eigenvalue weighted by molar-refractivity contribution is -0.146. The van der Waals surface area contributed by atoms with Crippen LogP contribution in [-0.4, -0.2) is 58.0 Å². The van der Waals surface area contributed by atoms with Gasteiger partial charge in [-0.25, -0.2) is 9.78 Å². The van der Waals surface area contributed by atoms with Crippen LogP contribution in [0.4, 0.5) is 5.95 Å². The van der Waals surface area contributed by atoms with Gasteiger partial charge in [-0.1, -0.05) is 32.6 Å². The first-order chi connectivity index (χ1) is 19.4. The van der Waals surface area contributed by atoms with Crippen molar-refractivity contribution >= 4 is 40.7 Å². The molecule has 1 atom stereocenters.